The highest BCUT2D eigenvalue weighted by Gasteiger charge is 2.28. The molecule has 0 bridgehead atoms. The number of alkyl halides is 3. The maximum Gasteiger partial charge on any atom is 0.422 e. The van der Waals surface area contributed by atoms with Crippen LogP contribution in [0.25, 0.3) is 16.9 Å². The van der Waals surface area contributed by atoms with E-state index in [2.05, 4.69) is 9.97 Å². The third-order valence-electron chi connectivity index (χ3n) is 3.63. The number of halogens is 3. The maximum atomic E-state index is 12.8. The van der Waals surface area contributed by atoms with Crippen molar-refractivity contribution in [2.75, 3.05) is 12.4 Å². The second-order valence-electron chi connectivity index (χ2n) is 5.66. The quantitative estimate of drug-likeness (QED) is 0.449. The maximum absolute atomic E-state index is 12.8. The minimum atomic E-state index is -4.41. The van der Waals surface area contributed by atoms with E-state index in [-0.39, 0.29) is 11.3 Å². The molecule has 0 aliphatic rings. The Labute approximate surface area is 163 Å². The van der Waals surface area contributed by atoms with Gasteiger partial charge in [-0.2, -0.15) is 13.2 Å². The number of benzene rings is 1. The molecule has 0 radical (unpaired) electrons. The number of hydrogen-bond acceptors (Lipinski definition) is 5. The molecule has 0 aliphatic carbocycles. The third-order valence-corrected chi connectivity index (χ3v) is 4.46. The molecule has 0 atom stereocenters. The fourth-order valence-electron chi connectivity index (χ4n) is 2.45. The Hall–Kier alpha value is -2.81. The van der Waals surface area contributed by atoms with Crippen LogP contribution < -0.4 is 10.3 Å². The van der Waals surface area contributed by atoms with Crippen molar-refractivity contribution in [1.82, 2.24) is 14.5 Å². The van der Waals surface area contributed by atoms with E-state index in [1.54, 1.807) is 24.5 Å². The molecular formula is C19H16F3N3O2S. The summed E-state index contributed by atoms with van der Waals surface area (Å²) in [6.07, 6.45) is -1.17. The molecule has 146 valence electrons. The van der Waals surface area contributed by atoms with Gasteiger partial charge >= 0.3 is 6.18 Å². The van der Waals surface area contributed by atoms with Crippen LogP contribution >= 0.6 is 11.8 Å². The van der Waals surface area contributed by atoms with Gasteiger partial charge in [-0.05, 0) is 42.2 Å². The SMILES string of the molecule is CCSc1nc(-c2ccncc2)cc(=O)n1-c1ccc(OCC(F)(F)F)cc1. The van der Waals surface area contributed by atoms with E-state index >= 15 is 0 Å². The number of thioether (sulfide) groups is 1. The standard InChI is InChI=1S/C19H16F3N3O2S/c1-2-28-18-24-16(13-7-9-23-10-8-13)11-17(26)25(18)14-3-5-15(6-4-14)27-12-19(20,21)22/h3-11H,2,12H2,1H3. The predicted octanol–water partition coefficient (Wildman–Crippen LogP) is 4.35. The second-order valence-corrected chi connectivity index (χ2v) is 6.90. The van der Waals surface area contributed by atoms with Crippen molar-refractivity contribution < 1.29 is 17.9 Å². The highest BCUT2D eigenvalue weighted by molar-refractivity contribution is 7.99. The van der Waals surface area contributed by atoms with Crippen LogP contribution in [0.15, 0.2) is 64.8 Å². The van der Waals surface area contributed by atoms with E-state index in [4.69, 9.17) is 4.74 Å². The molecule has 3 aromatic rings. The first-order chi connectivity index (χ1) is 13.4. The summed E-state index contributed by atoms with van der Waals surface area (Å²) in [4.78, 5) is 21.3. The van der Waals surface area contributed by atoms with Gasteiger partial charge in [0.15, 0.2) is 11.8 Å². The van der Waals surface area contributed by atoms with E-state index in [9.17, 15) is 18.0 Å². The minimum Gasteiger partial charge on any atom is -0.484 e. The van der Waals surface area contributed by atoms with Gasteiger partial charge in [0.2, 0.25) is 0 Å². The largest absolute Gasteiger partial charge is 0.484 e. The van der Waals surface area contributed by atoms with Crippen molar-refractivity contribution in [3.05, 3.63) is 65.2 Å². The van der Waals surface area contributed by atoms with Crippen LogP contribution in [-0.2, 0) is 0 Å². The Balaban J connectivity index is 1.96. The Morgan fingerprint density at radius 3 is 2.39 bits per heavy atom. The second kappa shape index (κ2) is 8.47. The lowest BCUT2D eigenvalue weighted by atomic mass is 10.2. The van der Waals surface area contributed by atoms with Gasteiger partial charge in [0, 0.05) is 24.0 Å². The van der Waals surface area contributed by atoms with Crippen molar-refractivity contribution in [2.45, 2.75) is 18.3 Å². The van der Waals surface area contributed by atoms with E-state index in [1.807, 2.05) is 6.92 Å². The fourth-order valence-corrected chi connectivity index (χ4v) is 3.20. The summed E-state index contributed by atoms with van der Waals surface area (Å²) in [7, 11) is 0. The van der Waals surface area contributed by atoms with E-state index < -0.39 is 12.8 Å². The van der Waals surface area contributed by atoms with Crippen molar-refractivity contribution >= 4 is 11.8 Å². The Morgan fingerprint density at radius 1 is 1.11 bits per heavy atom. The van der Waals surface area contributed by atoms with Gasteiger partial charge < -0.3 is 4.74 Å². The molecular weight excluding hydrogens is 391 g/mol. The summed E-state index contributed by atoms with van der Waals surface area (Å²) in [5.41, 5.74) is 1.51. The average Bonchev–Trinajstić information content (AvgIpc) is 2.67. The molecule has 2 aromatic heterocycles. The van der Waals surface area contributed by atoms with Crippen LogP contribution in [-0.4, -0.2) is 33.1 Å². The van der Waals surface area contributed by atoms with Crippen molar-refractivity contribution in [1.29, 1.82) is 0 Å². The molecule has 0 unspecified atom stereocenters. The molecule has 3 rings (SSSR count). The van der Waals surface area contributed by atoms with E-state index in [0.29, 0.717) is 22.3 Å². The molecule has 0 aliphatic heterocycles. The molecule has 2 heterocycles. The molecule has 0 fully saturated rings. The Bertz CT molecular complexity index is 990. The van der Waals surface area contributed by atoms with Crippen molar-refractivity contribution in [3.8, 4) is 22.7 Å². The van der Waals surface area contributed by atoms with Crippen LogP contribution in [0, 0.1) is 0 Å². The summed E-state index contributed by atoms with van der Waals surface area (Å²) in [6.45, 7) is 0.569. The number of nitrogens with zero attached hydrogens (tertiary/aromatic N) is 3. The molecule has 1 aromatic carbocycles. The van der Waals surface area contributed by atoms with E-state index in [1.165, 1.54) is 46.7 Å². The molecule has 0 saturated carbocycles. The number of aromatic nitrogens is 3. The summed E-state index contributed by atoms with van der Waals surface area (Å²) >= 11 is 1.39. The first-order valence-corrected chi connectivity index (χ1v) is 9.33. The summed E-state index contributed by atoms with van der Waals surface area (Å²) in [6, 6.07) is 10.8. The monoisotopic (exact) mass is 407 g/mol. The third kappa shape index (κ3) is 4.92. The fraction of sp³-hybridized carbons (Fsp3) is 0.211. The lowest BCUT2D eigenvalue weighted by Crippen LogP contribution is -2.21. The van der Waals surface area contributed by atoms with Gasteiger partial charge in [0.05, 0.1) is 11.4 Å². The molecule has 5 nitrogen and oxygen atoms in total. The zero-order valence-electron chi connectivity index (χ0n) is 14.8. The summed E-state index contributed by atoms with van der Waals surface area (Å²) in [5, 5.41) is 0.491. The zero-order valence-corrected chi connectivity index (χ0v) is 15.6. The van der Waals surface area contributed by atoms with Crippen molar-refractivity contribution in [2.24, 2.45) is 0 Å². The first kappa shape index (κ1) is 19.9. The van der Waals surface area contributed by atoms with Crippen LogP contribution in [0.1, 0.15) is 6.92 Å². The van der Waals surface area contributed by atoms with Gasteiger partial charge in [-0.3, -0.25) is 14.3 Å². The Kier molecular flexibility index (Phi) is 6.03. The molecule has 0 amide bonds. The smallest absolute Gasteiger partial charge is 0.422 e. The highest BCUT2D eigenvalue weighted by Crippen LogP contribution is 2.24. The van der Waals surface area contributed by atoms with Gasteiger partial charge in [-0.25, -0.2) is 4.98 Å². The first-order valence-electron chi connectivity index (χ1n) is 8.34. The molecule has 0 N–H and O–H groups in total. The van der Waals surface area contributed by atoms with Gasteiger partial charge in [-0.15, -0.1) is 0 Å². The highest BCUT2D eigenvalue weighted by atomic mass is 32.2. The molecule has 0 saturated heterocycles. The van der Waals surface area contributed by atoms with Crippen LogP contribution in [0.5, 0.6) is 5.75 Å². The van der Waals surface area contributed by atoms with E-state index in [0.717, 1.165) is 5.56 Å². The van der Waals surface area contributed by atoms with Gasteiger partial charge in [0.1, 0.15) is 5.75 Å². The zero-order chi connectivity index (χ0) is 20.1. The van der Waals surface area contributed by atoms with Crippen LogP contribution in [0.4, 0.5) is 13.2 Å². The minimum absolute atomic E-state index is 0.0696. The lowest BCUT2D eigenvalue weighted by molar-refractivity contribution is -0.153. The number of hydrogen-bond donors (Lipinski definition) is 0. The molecule has 28 heavy (non-hydrogen) atoms. The normalized spacial score (nSPS) is 11.4. The van der Waals surface area contributed by atoms with Crippen molar-refractivity contribution in [3.63, 3.8) is 0 Å². The molecule has 0 spiro atoms. The topological polar surface area (TPSA) is 57.0 Å². The van der Waals surface area contributed by atoms with Gasteiger partial charge in [0.25, 0.3) is 5.56 Å². The van der Waals surface area contributed by atoms with Crippen LogP contribution in [0.2, 0.25) is 0 Å². The molecule has 9 heteroatoms. The summed E-state index contributed by atoms with van der Waals surface area (Å²) in [5.74, 6) is 0.763. The summed E-state index contributed by atoms with van der Waals surface area (Å²) < 4.78 is 42.9. The number of ether oxygens (including phenoxy) is 1. The predicted molar refractivity (Wildman–Crippen MR) is 101 cm³/mol. The van der Waals surface area contributed by atoms with Gasteiger partial charge in [-0.1, -0.05) is 18.7 Å². The number of pyridine rings is 1. The number of rotatable bonds is 6. The Morgan fingerprint density at radius 2 is 1.79 bits per heavy atom. The van der Waals surface area contributed by atoms with Crippen LogP contribution in [0.3, 0.4) is 0 Å². The lowest BCUT2D eigenvalue weighted by Gasteiger charge is -2.14. The average molecular weight is 407 g/mol.